The Morgan fingerprint density at radius 1 is 1.50 bits per heavy atom. The van der Waals surface area contributed by atoms with E-state index in [-0.39, 0.29) is 6.61 Å². The summed E-state index contributed by atoms with van der Waals surface area (Å²) in [6.45, 7) is 0.625. The van der Waals surface area contributed by atoms with Gasteiger partial charge in [0.05, 0.1) is 4.47 Å². The summed E-state index contributed by atoms with van der Waals surface area (Å²) < 4.78 is 6.17. The van der Waals surface area contributed by atoms with Crippen LogP contribution in [-0.4, -0.2) is 13.2 Å². The van der Waals surface area contributed by atoms with Crippen molar-refractivity contribution in [3.05, 3.63) is 28.2 Å². The average Bonchev–Trinajstić information content (AvgIpc) is 2.18. The van der Waals surface area contributed by atoms with E-state index in [1.807, 2.05) is 24.3 Å². The smallest absolute Gasteiger partial charge is 0.174 e. The maximum Gasteiger partial charge on any atom is 0.174 e. The van der Waals surface area contributed by atoms with E-state index < -0.39 is 0 Å². The Bertz CT molecular complexity index is 346. The van der Waals surface area contributed by atoms with Crippen molar-refractivity contribution in [3.8, 4) is 11.8 Å². The zero-order chi connectivity index (χ0) is 10.4. The molecule has 1 aromatic rings. The first-order valence-electron chi connectivity index (χ1n) is 4.26. The summed E-state index contributed by atoms with van der Waals surface area (Å²) in [6, 6.07) is 7.69. The van der Waals surface area contributed by atoms with Gasteiger partial charge in [-0.15, -0.1) is 0 Å². The van der Waals surface area contributed by atoms with Crippen molar-refractivity contribution >= 4 is 15.9 Å². The average molecular weight is 255 g/mol. The van der Waals surface area contributed by atoms with Gasteiger partial charge in [0.25, 0.3) is 0 Å². The second kappa shape index (κ2) is 5.63. The van der Waals surface area contributed by atoms with Gasteiger partial charge in [-0.2, -0.15) is 5.26 Å². The molecule has 0 heterocycles. The van der Waals surface area contributed by atoms with Gasteiger partial charge >= 0.3 is 0 Å². The lowest BCUT2D eigenvalue weighted by molar-refractivity contribution is 0.361. The number of halogens is 1. The molecular formula is C10H11BrN2O. The third-order valence-corrected chi connectivity index (χ3v) is 2.37. The molecule has 0 saturated carbocycles. The van der Waals surface area contributed by atoms with Crippen LogP contribution in [0.1, 0.15) is 5.56 Å². The normalized spacial score (nSPS) is 9.50. The summed E-state index contributed by atoms with van der Waals surface area (Å²) in [5.41, 5.74) is 6.50. The number of nitrogens with zero attached hydrogens (tertiary/aromatic N) is 1. The van der Waals surface area contributed by atoms with Crippen molar-refractivity contribution in [2.24, 2.45) is 5.73 Å². The van der Waals surface area contributed by atoms with Crippen LogP contribution in [0, 0.1) is 11.3 Å². The molecule has 0 atom stereocenters. The molecule has 0 aromatic heterocycles. The number of rotatable bonds is 4. The van der Waals surface area contributed by atoms with E-state index in [9.17, 15) is 0 Å². The lowest BCUT2D eigenvalue weighted by Gasteiger charge is -2.10. The number of benzene rings is 1. The highest BCUT2D eigenvalue weighted by molar-refractivity contribution is 9.10. The molecule has 0 aliphatic rings. The van der Waals surface area contributed by atoms with Crippen LogP contribution in [0.15, 0.2) is 22.7 Å². The topological polar surface area (TPSA) is 59.0 Å². The maximum absolute atomic E-state index is 8.42. The highest BCUT2D eigenvalue weighted by Gasteiger charge is 2.06. The molecule has 1 rings (SSSR count). The predicted molar refractivity (Wildman–Crippen MR) is 58.0 cm³/mol. The van der Waals surface area contributed by atoms with Gasteiger partial charge in [-0.3, -0.25) is 0 Å². The van der Waals surface area contributed by atoms with E-state index in [0.29, 0.717) is 6.54 Å². The fourth-order valence-corrected chi connectivity index (χ4v) is 1.69. The lowest BCUT2D eigenvalue weighted by Crippen LogP contribution is -2.05. The van der Waals surface area contributed by atoms with Gasteiger partial charge in [-0.25, -0.2) is 0 Å². The standard InChI is InChI=1S/C10H11BrN2O/c11-9-3-1-2-8(4-5-12)10(9)14-7-6-13/h1-3H,4-5,7,12H2. The van der Waals surface area contributed by atoms with Crippen LogP contribution < -0.4 is 10.5 Å². The zero-order valence-corrected chi connectivity index (χ0v) is 9.25. The SMILES string of the molecule is N#CCOc1c(Br)cccc1CCN. The first kappa shape index (κ1) is 11.0. The van der Waals surface area contributed by atoms with Crippen molar-refractivity contribution in [2.45, 2.75) is 6.42 Å². The molecule has 4 heteroatoms. The minimum absolute atomic E-state index is 0.0557. The monoisotopic (exact) mass is 254 g/mol. The van der Waals surface area contributed by atoms with E-state index in [1.54, 1.807) is 0 Å². The summed E-state index contributed by atoms with van der Waals surface area (Å²) in [5.74, 6) is 0.722. The Hall–Kier alpha value is -1.05. The minimum Gasteiger partial charge on any atom is -0.477 e. The van der Waals surface area contributed by atoms with Crippen LogP contribution in [0.3, 0.4) is 0 Å². The van der Waals surface area contributed by atoms with E-state index in [0.717, 1.165) is 22.2 Å². The first-order valence-corrected chi connectivity index (χ1v) is 5.06. The van der Waals surface area contributed by atoms with E-state index in [4.69, 9.17) is 15.7 Å². The quantitative estimate of drug-likeness (QED) is 0.893. The summed E-state index contributed by atoms with van der Waals surface area (Å²) in [6.07, 6.45) is 0.750. The minimum atomic E-state index is 0.0557. The zero-order valence-electron chi connectivity index (χ0n) is 7.66. The van der Waals surface area contributed by atoms with Gasteiger partial charge in [0.2, 0.25) is 0 Å². The van der Waals surface area contributed by atoms with Gasteiger partial charge < -0.3 is 10.5 Å². The lowest BCUT2D eigenvalue weighted by atomic mass is 10.1. The number of nitriles is 1. The fraction of sp³-hybridized carbons (Fsp3) is 0.300. The third-order valence-electron chi connectivity index (χ3n) is 1.74. The van der Waals surface area contributed by atoms with Gasteiger partial charge in [-0.1, -0.05) is 12.1 Å². The number of nitrogens with two attached hydrogens (primary N) is 1. The van der Waals surface area contributed by atoms with E-state index in [2.05, 4.69) is 15.9 Å². The molecule has 0 radical (unpaired) electrons. The molecule has 0 aliphatic carbocycles. The Balaban J connectivity index is 2.91. The summed E-state index contributed by atoms with van der Waals surface area (Å²) in [7, 11) is 0. The summed E-state index contributed by atoms with van der Waals surface area (Å²) in [5, 5.41) is 8.42. The molecule has 0 amide bonds. The van der Waals surface area contributed by atoms with Crippen LogP contribution in [0.25, 0.3) is 0 Å². The largest absolute Gasteiger partial charge is 0.477 e. The molecule has 3 nitrogen and oxygen atoms in total. The molecule has 0 fully saturated rings. The summed E-state index contributed by atoms with van der Waals surface area (Å²) in [4.78, 5) is 0. The van der Waals surface area contributed by atoms with Crippen LogP contribution in [0.5, 0.6) is 5.75 Å². The molecule has 14 heavy (non-hydrogen) atoms. The molecular weight excluding hydrogens is 244 g/mol. The highest BCUT2D eigenvalue weighted by Crippen LogP contribution is 2.29. The van der Waals surface area contributed by atoms with Crippen molar-refractivity contribution in [1.82, 2.24) is 0 Å². The maximum atomic E-state index is 8.42. The number of para-hydroxylation sites is 1. The van der Waals surface area contributed by atoms with E-state index in [1.165, 1.54) is 0 Å². The van der Waals surface area contributed by atoms with Crippen molar-refractivity contribution in [2.75, 3.05) is 13.2 Å². The fourth-order valence-electron chi connectivity index (χ4n) is 1.17. The Morgan fingerprint density at radius 3 is 2.93 bits per heavy atom. The molecule has 1 aromatic carbocycles. The van der Waals surface area contributed by atoms with Crippen molar-refractivity contribution < 1.29 is 4.74 Å². The Labute approximate surface area is 91.6 Å². The molecule has 0 saturated heterocycles. The van der Waals surface area contributed by atoms with Crippen LogP contribution >= 0.6 is 15.9 Å². The molecule has 2 N–H and O–H groups in total. The second-order valence-electron chi connectivity index (χ2n) is 2.71. The third kappa shape index (κ3) is 2.72. The van der Waals surface area contributed by atoms with Crippen LogP contribution in [0.4, 0.5) is 0 Å². The van der Waals surface area contributed by atoms with Gasteiger partial charge in [0.1, 0.15) is 11.8 Å². The number of hydrogen-bond donors (Lipinski definition) is 1. The molecule has 0 bridgehead atoms. The van der Waals surface area contributed by atoms with Crippen LogP contribution in [0.2, 0.25) is 0 Å². The Morgan fingerprint density at radius 2 is 2.29 bits per heavy atom. The van der Waals surface area contributed by atoms with Gasteiger partial charge in [0, 0.05) is 0 Å². The summed E-state index contributed by atoms with van der Waals surface area (Å²) >= 11 is 3.37. The Kier molecular flexibility index (Phi) is 4.44. The highest BCUT2D eigenvalue weighted by atomic mass is 79.9. The first-order chi connectivity index (χ1) is 6.79. The van der Waals surface area contributed by atoms with Crippen molar-refractivity contribution in [3.63, 3.8) is 0 Å². The molecule has 0 spiro atoms. The van der Waals surface area contributed by atoms with Crippen molar-refractivity contribution in [1.29, 1.82) is 5.26 Å². The van der Waals surface area contributed by atoms with Crippen LogP contribution in [-0.2, 0) is 6.42 Å². The van der Waals surface area contributed by atoms with E-state index >= 15 is 0 Å². The van der Waals surface area contributed by atoms with Gasteiger partial charge in [0.15, 0.2) is 6.61 Å². The number of hydrogen-bond acceptors (Lipinski definition) is 3. The van der Waals surface area contributed by atoms with Gasteiger partial charge in [-0.05, 0) is 40.5 Å². The second-order valence-corrected chi connectivity index (χ2v) is 3.57. The molecule has 0 aliphatic heterocycles. The number of ether oxygens (including phenoxy) is 1. The molecule has 74 valence electrons. The molecule has 0 unspecified atom stereocenters. The predicted octanol–water partition coefficient (Wildman–Crippen LogP) is 1.85.